The minimum Gasteiger partial charge on any atom is -0.297 e. The lowest BCUT2D eigenvalue weighted by Crippen LogP contribution is -2.48. The average Bonchev–Trinajstić information content (AvgIpc) is 2.69. The smallest absolute Gasteiger partial charge is 0.270 e. The zero-order valence-corrected chi connectivity index (χ0v) is 16.5. The molecule has 1 aliphatic heterocycles. The number of aryl methyl sites for hydroxylation is 1. The Morgan fingerprint density at radius 3 is 2.39 bits per heavy atom. The summed E-state index contributed by atoms with van der Waals surface area (Å²) in [5.41, 5.74) is 1.43. The van der Waals surface area contributed by atoms with Crippen LogP contribution < -0.4 is 0 Å². The number of benzene rings is 2. The summed E-state index contributed by atoms with van der Waals surface area (Å²) in [4.78, 5) is 12.6. The van der Waals surface area contributed by atoms with Crippen LogP contribution in [0.5, 0.6) is 0 Å². The van der Waals surface area contributed by atoms with Gasteiger partial charge >= 0.3 is 0 Å². The predicted molar refractivity (Wildman–Crippen MR) is 109 cm³/mol. The highest BCUT2D eigenvalue weighted by Gasteiger charge is 2.30. The van der Waals surface area contributed by atoms with E-state index in [0.717, 1.165) is 18.2 Å². The molecule has 0 saturated carbocycles. The molecule has 1 fully saturated rings. The molecule has 0 aliphatic carbocycles. The van der Waals surface area contributed by atoms with Crippen LogP contribution in [0.15, 0.2) is 59.5 Å². The van der Waals surface area contributed by atoms with Crippen molar-refractivity contribution in [2.45, 2.75) is 11.8 Å². The third-order valence-electron chi connectivity index (χ3n) is 4.81. The number of non-ortho nitro benzene ring substituents is 1. The summed E-state index contributed by atoms with van der Waals surface area (Å²) in [7, 11) is -3.75. The van der Waals surface area contributed by atoms with Gasteiger partial charge in [0.1, 0.15) is 0 Å². The molecule has 2 aromatic rings. The fraction of sp³-hybridized carbons (Fsp3) is 0.300. The Labute approximate surface area is 165 Å². The van der Waals surface area contributed by atoms with E-state index < -0.39 is 14.9 Å². The topological polar surface area (TPSA) is 83.8 Å². The molecule has 1 saturated heterocycles. The van der Waals surface area contributed by atoms with Gasteiger partial charge in [0.2, 0.25) is 10.0 Å². The van der Waals surface area contributed by atoms with E-state index in [2.05, 4.69) is 17.1 Å². The van der Waals surface area contributed by atoms with Gasteiger partial charge in [-0.05, 0) is 18.1 Å². The van der Waals surface area contributed by atoms with Crippen LogP contribution in [0.4, 0.5) is 5.69 Å². The minimum atomic E-state index is -3.75. The van der Waals surface area contributed by atoms with Crippen LogP contribution in [0.2, 0.25) is 0 Å². The van der Waals surface area contributed by atoms with Crippen LogP contribution >= 0.6 is 0 Å². The van der Waals surface area contributed by atoms with Crippen LogP contribution in [-0.4, -0.2) is 55.3 Å². The first-order valence-electron chi connectivity index (χ1n) is 9.07. The maximum absolute atomic E-state index is 13.0. The maximum Gasteiger partial charge on any atom is 0.270 e. The average molecular weight is 401 g/mol. The maximum atomic E-state index is 13.0. The van der Waals surface area contributed by atoms with E-state index in [1.165, 1.54) is 16.4 Å². The first-order chi connectivity index (χ1) is 13.4. The molecule has 2 aromatic carbocycles. The zero-order chi connectivity index (χ0) is 20.1. The van der Waals surface area contributed by atoms with Crippen LogP contribution in [0.3, 0.4) is 0 Å². The summed E-state index contributed by atoms with van der Waals surface area (Å²) >= 11 is 0. The highest BCUT2D eigenvalue weighted by molar-refractivity contribution is 7.89. The second-order valence-electron chi connectivity index (χ2n) is 6.72. The fourth-order valence-corrected chi connectivity index (χ4v) is 4.84. The van der Waals surface area contributed by atoms with Crippen molar-refractivity contribution in [2.24, 2.45) is 0 Å². The van der Waals surface area contributed by atoms with Crippen LogP contribution in [0.1, 0.15) is 11.1 Å². The molecule has 0 bridgehead atoms. The van der Waals surface area contributed by atoms with E-state index in [-0.39, 0.29) is 10.6 Å². The molecule has 1 aliphatic rings. The Morgan fingerprint density at radius 2 is 1.75 bits per heavy atom. The highest BCUT2D eigenvalue weighted by atomic mass is 32.2. The van der Waals surface area contributed by atoms with Gasteiger partial charge in [-0.1, -0.05) is 48.6 Å². The van der Waals surface area contributed by atoms with Gasteiger partial charge in [0, 0.05) is 44.9 Å². The summed E-state index contributed by atoms with van der Waals surface area (Å²) in [6.07, 6.45) is 4.12. The number of hydrogen-bond acceptors (Lipinski definition) is 5. The summed E-state index contributed by atoms with van der Waals surface area (Å²) in [5, 5.41) is 11.0. The lowest BCUT2D eigenvalue weighted by atomic mass is 10.2. The van der Waals surface area contributed by atoms with E-state index in [4.69, 9.17) is 0 Å². The SMILES string of the molecule is Cc1ccc([N+](=O)[O-])cc1S(=O)(=O)N1CCN(C/C=C/c2ccccc2)CC1. The predicted octanol–water partition coefficient (Wildman–Crippen LogP) is 2.92. The molecule has 0 unspecified atom stereocenters. The molecule has 0 amide bonds. The van der Waals surface area contributed by atoms with E-state index in [9.17, 15) is 18.5 Å². The summed E-state index contributed by atoms with van der Waals surface area (Å²) in [6.45, 7) is 4.37. The van der Waals surface area contributed by atoms with Crippen LogP contribution in [0, 0.1) is 17.0 Å². The number of piperazine rings is 1. The quantitative estimate of drug-likeness (QED) is 0.549. The van der Waals surface area contributed by atoms with Crippen molar-refractivity contribution >= 4 is 21.8 Å². The monoisotopic (exact) mass is 401 g/mol. The van der Waals surface area contributed by atoms with Gasteiger partial charge < -0.3 is 0 Å². The Balaban J connectivity index is 1.63. The van der Waals surface area contributed by atoms with Crippen molar-refractivity contribution < 1.29 is 13.3 Å². The molecule has 8 heteroatoms. The number of nitro groups is 1. The van der Waals surface area contributed by atoms with Crippen molar-refractivity contribution in [1.29, 1.82) is 0 Å². The largest absolute Gasteiger partial charge is 0.297 e. The Bertz CT molecular complexity index is 966. The van der Waals surface area contributed by atoms with E-state index in [1.54, 1.807) is 6.92 Å². The van der Waals surface area contributed by atoms with Crippen molar-refractivity contribution in [2.75, 3.05) is 32.7 Å². The second-order valence-corrected chi connectivity index (χ2v) is 8.63. The molecule has 7 nitrogen and oxygen atoms in total. The lowest BCUT2D eigenvalue weighted by molar-refractivity contribution is -0.385. The molecular weight excluding hydrogens is 378 g/mol. The first-order valence-corrected chi connectivity index (χ1v) is 10.5. The van der Waals surface area contributed by atoms with Crippen molar-refractivity contribution in [3.8, 4) is 0 Å². The Morgan fingerprint density at radius 1 is 1.07 bits per heavy atom. The lowest BCUT2D eigenvalue weighted by Gasteiger charge is -2.33. The molecule has 0 aromatic heterocycles. The van der Waals surface area contributed by atoms with E-state index in [1.807, 2.05) is 30.3 Å². The molecule has 0 spiro atoms. The van der Waals surface area contributed by atoms with Crippen LogP contribution in [0.25, 0.3) is 6.08 Å². The van der Waals surface area contributed by atoms with Crippen molar-refractivity contribution in [1.82, 2.24) is 9.21 Å². The van der Waals surface area contributed by atoms with Gasteiger partial charge in [-0.25, -0.2) is 8.42 Å². The fourth-order valence-electron chi connectivity index (χ4n) is 3.17. The van der Waals surface area contributed by atoms with Gasteiger partial charge in [0.15, 0.2) is 0 Å². The number of rotatable bonds is 6. The molecule has 0 radical (unpaired) electrons. The second kappa shape index (κ2) is 8.64. The number of nitro benzene ring substituents is 1. The van der Waals surface area contributed by atoms with Gasteiger partial charge in [-0.15, -0.1) is 0 Å². The molecule has 1 heterocycles. The Hall–Kier alpha value is -2.55. The standard InChI is InChI=1S/C20H23N3O4S/c1-17-9-10-19(23(24)25)16-20(17)28(26,27)22-14-12-21(13-15-22)11-5-8-18-6-3-2-4-7-18/h2-10,16H,11-15H2,1H3/b8-5+. The summed E-state index contributed by atoms with van der Waals surface area (Å²) in [5.74, 6) is 0. The highest BCUT2D eigenvalue weighted by Crippen LogP contribution is 2.25. The zero-order valence-electron chi connectivity index (χ0n) is 15.7. The number of hydrogen-bond donors (Lipinski definition) is 0. The van der Waals surface area contributed by atoms with E-state index in [0.29, 0.717) is 31.7 Å². The first kappa shape index (κ1) is 20.2. The molecule has 0 N–H and O–H groups in total. The normalized spacial score (nSPS) is 16.5. The van der Waals surface area contributed by atoms with Crippen molar-refractivity contribution in [3.63, 3.8) is 0 Å². The van der Waals surface area contributed by atoms with Gasteiger partial charge in [0.05, 0.1) is 9.82 Å². The molecule has 0 atom stereocenters. The molecule has 28 heavy (non-hydrogen) atoms. The number of sulfonamides is 1. The van der Waals surface area contributed by atoms with Crippen molar-refractivity contribution in [3.05, 3.63) is 75.8 Å². The van der Waals surface area contributed by atoms with Gasteiger partial charge in [-0.2, -0.15) is 4.31 Å². The van der Waals surface area contributed by atoms with Crippen LogP contribution in [-0.2, 0) is 10.0 Å². The molecule has 148 valence electrons. The molecular formula is C20H23N3O4S. The third-order valence-corrected chi connectivity index (χ3v) is 6.85. The molecule has 3 rings (SSSR count). The van der Waals surface area contributed by atoms with Gasteiger partial charge in [0.25, 0.3) is 5.69 Å². The Kier molecular flexibility index (Phi) is 6.23. The van der Waals surface area contributed by atoms with Gasteiger partial charge in [-0.3, -0.25) is 15.0 Å². The minimum absolute atomic E-state index is 0.0131. The summed E-state index contributed by atoms with van der Waals surface area (Å²) in [6, 6.07) is 14.0. The number of nitrogens with zero attached hydrogens (tertiary/aromatic N) is 3. The van der Waals surface area contributed by atoms with E-state index >= 15 is 0 Å². The third kappa shape index (κ3) is 4.64. The summed E-state index contributed by atoms with van der Waals surface area (Å²) < 4.78 is 27.3.